The molecule has 2 N–H and O–H groups in total. The lowest BCUT2D eigenvalue weighted by Gasteiger charge is -2.26. The monoisotopic (exact) mass is 289 g/mol. The van der Waals surface area contributed by atoms with Gasteiger partial charge in [0, 0.05) is 5.56 Å². The molecule has 0 spiro atoms. The van der Waals surface area contributed by atoms with Crippen molar-refractivity contribution in [2.24, 2.45) is 5.92 Å². The number of nitrogens with one attached hydrogen (secondary N) is 1. The van der Waals surface area contributed by atoms with Gasteiger partial charge in [-0.3, -0.25) is 4.79 Å². The van der Waals surface area contributed by atoms with Crippen molar-refractivity contribution < 1.29 is 14.7 Å². The van der Waals surface area contributed by atoms with Crippen molar-refractivity contribution in [3.8, 4) is 0 Å². The number of rotatable bonds is 4. The van der Waals surface area contributed by atoms with Gasteiger partial charge in [-0.15, -0.1) is 0 Å². The number of carboxylic acids is 1. The summed E-state index contributed by atoms with van der Waals surface area (Å²) in [7, 11) is 0. The van der Waals surface area contributed by atoms with E-state index in [9.17, 15) is 14.7 Å². The van der Waals surface area contributed by atoms with Crippen LogP contribution in [0.25, 0.3) is 0 Å². The number of amides is 1. The van der Waals surface area contributed by atoms with Gasteiger partial charge in [-0.25, -0.2) is 4.79 Å². The lowest BCUT2D eigenvalue weighted by molar-refractivity contribution is -0.144. The fourth-order valence-corrected chi connectivity index (χ4v) is 2.42. The Morgan fingerprint density at radius 3 is 2.00 bits per heavy atom. The Bertz CT molecular complexity index is 552. The van der Waals surface area contributed by atoms with Crippen LogP contribution in [0.4, 0.5) is 0 Å². The SMILES string of the molecule is CC(C)(C)c1ccc(C(=O)NC(C)(C(=O)O)C2CC2)cc1. The van der Waals surface area contributed by atoms with E-state index in [4.69, 9.17) is 0 Å². The molecule has 1 aromatic rings. The molecule has 0 heterocycles. The lowest BCUT2D eigenvalue weighted by atomic mass is 9.86. The molecular formula is C17H23NO3. The molecule has 114 valence electrons. The molecule has 1 aliphatic rings. The molecule has 0 aromatic heterocycles. The first-order valence-electron chi connectivity index (χ1n) is 7.31. The zero-order valence-corrected chi connectivity index (χ0v) is 13.1. The number of carbonyl (C=O) groups is 2. The highest BCUT2D eigenvalue weighted by atomic mass is 16.4. The van der Waals surface area contributed by atoms with E-state index in [1.54, 1.807) is 19.1 Å². The van der Waals surface area contributed by atoms with Gasteiger partial charge in [0.05, 0.1) is 0 Å². The molecule has 1 saturated carbocycles. The second-order valence-electron chi connectivity index (χ2n) is 7.06. The molecular weight excluding hydrogens is 266 g/mol. The molecule has 4 nitrogen and oxygen atoms in total. The van der Waals surface area contributed by atoms with E-state index < -0.39 is 11.5 Å². The number of carboxylic acid groups (broad SMARTS) is 1. The lowest BCUT2D eigenvalue weighted by Crippen LogP contribution is -2.54. The van der Waals surface area contributed by atoms with Crippen LogP contribution in [0.2, 0.25) is 0 Å². The molecule has 21 heavy (non-hydrogen) atoms. The van der Waals surface area contributed by atoms with Crippen LogP contribution in [0, 0.1) is 5.92 Å². The van der Waals surface area contributed by atoms with Gasteiger partial charge >= 0.3 is 5.97 Å². The Balaban J connectivity index is 2.15. The minimum atomic E-state index is -1.17. The van der Waals surface area contributed by atoms with Crippen LogP contribution in [-0.2, 0) is 10.2 Å². The maximum absolute atomic E-state index is 12.3. The van der Waals surface area contributed by atoms with E-state index in [1.807, 2.05) is 12.1 Å². The molecule has 1 aromatic carbocycles. The number of hydrogen-bond acceptors (Lipinski definition) is 2. The van der Waals surface area contributed by atoms with Crippen LogP contribution in [-0.4, -0.2) is 22.5 Å². The molecule has 1 unspecified atom stereocenters. The van der Waals surface area contributed by atoms with Crippen LogP contribution < -0.4 is 5.32 Å². The summed E-state index contributed by atoms with van der Waals surface area (Å²) in [6.45, 7) is 7.92. The van der Waals surface area contributed by atoms with Crippen LogP contribution in [0.15, 0.2) is 24.3 Å². The molecule has 4 heteroatoms. The highest BCUT2D eigenvalue weighted by molar-refractivity contribution is 5.98. The fourth-order valence-electron chi connectivity index (χ4n) is 2.42. The number of carbonyl (C=O) groups excluding carboxylic acids is 1. The van der Waals surface area contributed by atoms with Crippen molar-refractivity contribution in [2.45, 2.75) is 51.5 Å². The molecule has 0 saturated heterocycles. The minimum absolute atomic E-state index is 0.0264. The van der Waals surface area contributed by atoms with Crippen molar-refractivity contribution in [3.05, 3.63) is 35.4 Å². The van der Waals surface area contributed by atoms with Crippen molar-refractivity contribution in [1.29, 1.82) is 0 Å². The molecule has 1 atom stereocenters. The quantitative estimate of drug-likeness (QED) is 0.895. The van der Waals surface area contributed by atoms with E-state index in [0.717, 1.165) is 18.4 Å². The van der Waals surface area contributed by atoms with E-state index in [2.05, 4.69) is 26.1 Å². The first-order chi connectivity index (χ1) is 9.64. The third kappa shape index (κ3) is 3.26. The van der Waals surface area contributed by atoms with Gasteiger partial charge in [0.25, 0.3) is 5.91 Å². The first-order valence-corrected chi connectivity index (χ1v) is 7.31. The van der Waals surface area contributed by atoms with Gasteiger partial charge in [0.2, 0.25) is 0 Å². The predicted octanol–water partition coefficient (Wildman–Crippen LogP) is 2.97. The van der Waals surface area contributed by atoms with Crippen molar-refractivity contribution in [1.82, 2.24) is 5.32 Å². The number of hydrogen-bond donors (Lipinski definition) is 2. The zero-order chi connectivity index (χ0) is 15.8. The molecule has 1 fully saturated rings. The summed E-state index contributed by atoms with van der Waals surface area (Å²) < 4.78 is 0. The van der Waals surface area contributed by atoms with Crippen LogP contribution in [0.5, 0.6) is 0 Å². The molecule has 2 rings (SSSR count). The van der Waals surface area contributed by atoms with E-state index in [-0.39, 0.29) is 17.2 Å². The van der Waals surface area contributed by atoms with Gasteiger partial charge in [0.15, 0.2) is 0 Å². The van der Waals surface area contributed by atoms with E-state index >= 15 is 0 Å². The number of benzene rings is 1. The predicted molar refractivity (Wildman–Crippen MR) is 81.4 cm³/mol. The van der Waals surface area contributed by atoms with Gasteiger partial charge in [-0.1, -0.05) is 32.9 Å². The van der Waals surface area contributed by atoms with E-state index in [0.29, 0.717) is 5.56 Å². The van der Waals surface area contributed by atoms with Gasteiger partial charge in [0.1, 0.15) is 5.54 Å². The van der Waals surface area contributed by atoms with Crippen molar-refractivity contribution in [3.63, 3.8) is 0 Å². The summed E-state index contributed by atoms with van der Waals surface area (Å²) in [5, 5.41) is 12.1. The molecule has 1 amide bonds. The van der Waals surface area contributed by atoms with Crippen LogP contribution in [0.1, 0.15) is 56.5 Å². The maximum atomic E-state index is 12.3. The third-order valence-corrected chi connectivity index (χ3v) is 4.22. The smallest absolute Gasteiger partial charge is 0.329 e. The van der Waals surface area contributed by atoms with Crippen molar-refractivity contribution in [2.75, 3.05) is 0 Å². The summed E-state index contributed by atoms with van der Waals surface area (Å²) in [6.07, 6.45) is 1.71. The summed E-state index contributed by atoms with van der Waals surface area (Å²) >= 11 is 0. The van der Waals surface area contributed by atoms with Crippen LogP contribution in [0.3, 0.4) is 0 Å². The normalized spacial score (nSPS) is 17.9. The molecule has 1 aliphatic carbocycles. The average Bonchev–Trinajstić information content (AvgIpc) is 3.22. The Morgan fingerprint density at radius 2 is 1.62 bits per heavy atom. The first kappa shape index (κ1) is 15.5. The second-order valence-corrected chi connectivity index (χ2v) is 7.06. The topological polar surface area (TPSA) is 66.4 Å². The van der Waals surface area contributed by atoms with Gasteiger partial charge in [-0.05, 0) is 48.8 Å². The highest BCUT2D eigenvalue weighted by Gasteiger charge is 2.48. The highest BCUT2D eigenvalue weighted by Crippen LogP contribution is 2.39. The number of aliphatic carboxylic acids is 1. The standard InChI is InChI=1S/C17H23NO3/c1-16(2,3)12-7-5-11(6-8-12)14(19)18-17(4,15(20)21)13-9-10-13/h5-8,13H,9-10H2,1-4H3,(H,18,19)(H,20,21). The van der Waals surface area contributed by atoms with Crippen LogP contribution >= 0.6 is 0 Å². The zero-order valence-electron chi connectivity index (χ0n) is 13.1. The Morgan fingerprint density at radius 1 is 1.10 bits per heavy atom. The van der Waals surface area contributed by atoms with Gasteiger partial charge in [-0.2, -0.15) is 0 Å². The summed E-state index contributed by atoms with van der Waals surface area (Å²) in [5.41, 5.74) is 0.497. The van der Waals surface area contributed by atoms with Gasteiger partial charge < -0.3 is 10.4 Å². The van der Waals surface area contributed by atoms with Crippen molar-refractivity contribution >= 4 is 11.9 Å². The maximum Gasteiger partial charge on any atom is 0.329 e. The summed E-state index contributed by atoms with van der Waals surface area (Å²) in [5.74, 6) is -1.26. The molecule has 0 radical (unpaired) electrons. The summed E-state index contributed by atoms with van der Waals surface area (Å²) in [4.78, 5) is 23.7. The second kappa shape index (κ2) is 5.17. The third-order valence-electron chi connectivity index (χ3n) is 4.22. The summed E-state index contributed by atoms with van der Waals surface area (Å²) in [6, 6.07) is 7.35. The van der Waals surface area contributed by atoms with E-state index in [1.165, 1.54) is 0 Å². The largest absolute Gasteiger partial charge is 0.480 e. The molecule has 0 aliphatic heterocycles. The Hall–Kier alpha value is -1.84. The minimum Gasteiger partial charge on any atom is -0.480 e. The molecule has 0 bridgehead atoms. The average molecular weight is 289 g/mol. The Labute approximate surface area is 125 Å². The fraction of sp³-hybridized carbons (Fsp3) is 0.529. The Kier molecular flexibility index (Phi) is 3.83.